The van der Waals surface area contributed by atoms with Crippen molar-refractivity contribution in [1.29, 1.82) is 0 Å². The highest BCUT2D eigenvalue weighted by atomic mass is 16.5. The fraction of sp³-hybridized carbons (Fsp3) is 0.0556. The van der Waals surface area contributed by atoms with E-state index in [4.69, 9.17) is 16.2 Å². The van der Waals surface area contributed by atoms with Gasteiger partial charge in [0.15, 0.2) is 0 Å². The Kier molecular flexibility index (Phi) is 2.99. The van der Waals surface area contributed by atoms with Gasteiger partial charge < -0.3 is 4.74 Å². The molecule has 1 aliphatic carbocycles. The lowest BCUT2D eigenvalue weighted by atomic mass is 9.88. The minimum absolute atomic E-state index is 0.217. The van der Waals surface area contributed by atoms with Crippen molar-refractivity contribution < 1.29 is 9.53 Å². The zero-order chi connectivity index (χ0) is 16.0. The number of ether oxygens (including phenoxy) is 1. The molecule has 1 unspecified atom stereocenters. The number of benzene rings is 2. The van der Waals surface area contributed by atoms with Gasteiger partial charge in [0.1, 0.15) is 12.2 Å². The number of hydrogen-bond donors (Lipinski definition) is 0. The van der Waals surface area contributed by atoms with Crippen LogP contribution in [0.25, 0.3) is 11.1 Å². The molecular weight excluding hydrogens is 290 g/mol. The summed E-state index contributed by atoms with van der Waals surface area (Å²) in [5.74, 6) is -2.02. The number of nitrogens with zero attached hydrogens (tertiary/aromatic N) is 3. The van der Waals surface area contributed by atoms with E-state index in [0.717, 1.165) is 22.3 Å². The molecule has 0 bridgehead atoms. The normalized spacial score (nSPS) is 21.0. The van der Waals surface area contributed by atoms with Crippen LogP contribution in [-0.2, 0) is 10.3 Å². The quantitative estimate of drug-likeness (QED) is 0.593. The van der Waals surface area contributed by atoms with Crippen LogP contribution in [0.15, 0.2) is 47.5 Å². The highest BCUT2D eigenvalue weighted by molar-refractivity contribution is 6.02. The Morgan fingerprint density at radius 3 is 2.61 bits per heavy atom. The van der Waals surface area contributed by atoms with Crippen LogP contribution in [0.5, 0.6) is 0 Å². The van der Waals surface area contributed by atoms with Crippen LogP contribution < -0.4 is 11.5 Å². The maximum absolute atomic E-state index is 11.9. The van der Waals surface area contributed by atoms with Gasteiger partial charge >= 0.3 is 0 Å². The van der Waals surface area contributed by atoms with E-state index >= 15 is 0 Å². The molecule has 4 rings (SSSR count). The molecule has 5 heteroatoms. The first-order valence-corrected chi connectivity index (χ1v) is 6.82. The number of carbonyl (C=O) groups is 1. The number of hydrogen-bond acceptors (Lipinski definition) is 2. The van der Waals surface area contributed by atoms with Crippen molar-refractivity contribution in [2.24, 2.45) is 4.99 Å². The summed E-state index contributed by atoms with van der Waals surface area (Å²) < 4.78 is 5.65. The van der Waals surface area contributed by atoms with Crippen molar-refractivity contribution in [2.45, 2.75) is 5.60 Å². The molecule has 106 valence electrons. The highest BCUT2D eigenvalue weighted by Gasteiger charge is 2.48. The predicted octanol–water partition coefficient (Wildman–Crippen LogP) is 1.78. The first kappa shape index (κ1) is 14.0. The van der Waals surface area contributed by atoms with Gasteiger partial charge in [-0.1, -0.05) is 30.3 Å². The van der Waals surface area contributed by atoms with E-state index in [2.05, 4.69) is 24.4 Å². The van der Waals surface area contributed by atoms with Gasteiger partial charge in [-0.25, -0.2) is 0 Å². The molecule has 5 nitrogen and oxygen atoms in total. The second-order valence-corrected chi connectivity index (χ2v) is 5.16. The van der Waals surface area contributed by atoms with Crippen LogP contribution in [0.1, 0.15) is 21.5 Å². The third kappa shape index (κ3) is 1.97. The van der Waals surface area contributed by atoms with Crippen molar-refractivity contribution >= 4 is 11.9 Å². The number of carbonyl (C=O) groups excluding carboxylic acids is 1. The van der Waals surface area contributed by atoms with Gasteiger partial charge in [-0.05, 0) is 34.4 Å². The minimum atomic E-state index is -1.27. The summed E-state index contributed by atoms with van der Waals surface area (Å²) >= 11 is 0. The molecule has 2 aromatic rings. The topological polar surface area (TPSA) is 83.3 Å². The fourth-order valence-electron chi connectivity index (χ4n) is 3.01. The maximum atomic E-state index is 11.9. The molecule has 2 aromatic carbocycles. The summed E-state index contributed by atoms with van der Waals surface area (Å²) in [7, 11) is 0. The van der Waals surface area contributed by atoms with Gasteiger partial charge in [0.05, 0.1) is 0 Å². The highest BCUT2D eigenvalue weighted by Crippen LogP contribution is 2.54. The summed E-state index contributed by atoms with van der Waals surface area (Å²) in [6.07, 6.45) is 5.73. The summed E-state index contributed by atoms with van der Waals surface area (Å²) in [5.41, 5.74) is 20.2. The zero-order valence-electron chi connectivity index (χ0n) is 11.7. The molecule has 1 amide bonds. The zero-order valence-corrected chi connectivity index (χ0v) is 11.7. The van der Waals surface area contributed by atoms with E-state index in [1.54, 1.807) is 18.2 Å². The molecule has 0 aromatic heterocycles. The standard InChI is InChI=1S/C18H7N3O2/c19-17(20)21-16(22)11-6-7-13-12-4-1-2-5-14(12)18(15(13)10-11)8-3-9-23-18/h1-2,4-7,10H. The Labute approximate surface area is 134 Å². The molecule has 0 saturated carbocycles. The summed E-state index contributed by atoms with van der Waals surface area (Å²) in [6.45, 7) is 2.56. The van der Waals surface area contributed by atoms with E-state index in [1.807, 2.05) is 24.3 Å². The Morgan fingerprint density at radius 2 is 1.87 bits per heavy atom. The van der Waals surface area contributed by atoms with Crippen molar-refractivity contribution in [3.8, 4) is 11.1 Å². The average Bonchev–Trinajstić information content (AvgIpc) is 3.13. The molecule has 1 heterocycles. The van der Waals surface area contributed by atoms with Gasteiger partial charge in [-0.15, -0.1) is 11.5 Å². The molecule has 1 spiro atoms. The maximum Gasteiger partial charge on any atom is 0.291 e. The second-order valence-electron chi connectivity index (χ2n) is 5.16. The van der Waals surface area contributed by atoms with Crippen LogP contribution in [0.2, 0.25) is 0 Å². The molecule has 1 fully saturated rings. The lowest BCUT2D eigenvalue weighted by Crippen LogP contribution is -2.23. The van der Waals surface area contributed by atoms with Crippen LogP contribution >= 0.6 is 0 Å². The largest absolute Gasteiger partial charge is 0.351 e. The first-order chi connectivity index (χ1) is 11.1. The number of aliphatic imine (C=N–C) groups is 1. The van der Waals surface area contributed by atoms with Gasteiger partial charge in [-0.3, -0.25) is 4.79 Å². The van der Waals surface area contributed by atoms with E-state index < -0.39 is 17.5 Å². The Morgan fingerprint density at radius 1 is 1.09 bits per heavy atom. The Bertz CT molecular complexity index is 832. The Hall–Kier alpha value is -2.66. The van der Waals surface area contributed by atoms with Gasteiger partial charge in [0, 0.05) is 18.4 Å². The van der Waals surface area contributed by atoms with Crippen LogP contribution in [-0.4, -0.2) is 11.9 Å². The minimum Gasteiger partial charge on any atom is -0.351 e. The Balaban J connectivity index is 1.90. The molecule has 1 aliphatic heterocycles. The van der Waals surface area contributed by atoms with E-state index in [0.29, 0.717) is 0 Å². The van der Waals surface area contributed by atoms with E-state index in [-0.39, 0.29) is 5.56 Å². The summed E-state index contributed by atoms with van der Waals surface area (Å²) in [5, 5.41) is 0. The number of fused-ring (bicyclic) bond motifs is 5. The molecule has 10 radical (unpaired) electrons. The number of amides is 1. The third-order valence-corrected chi connectivity index (χ3v) is 3.94. The monoisotopic (exact) mass is 297 g/mol. The lowest BCUT2D eigenvalue weighted by Gasteiger charge is -2.24. The smallest absolute Gasteiger partial charge is 0.291 e. The van der Waals surface area contributed by atoms with Crippen LogP contribution in [0.3, 0.4) is 0 Å². The van der Waals surface area contributed by atoms with Crippen LogP contribution in [0.4, 0.5) is 0 Å². The van der Waals surface area contributed by atoms with Crippen LogP contribution in [0, 0.1) is 19.4 Å². The average molecular weight is 297 g/mol. The summed E-state index contributed by atoms with van der Waals surface area (Å²) in [4.78, 5) is 15.1. The van der Waals surface area contributed by atoms with Crippen molar-refractivity contribution in [1.82, 2.24) is 11.5 Å². The molecule has 0 N–H and O–H groups in total. The van der Waals surface area contributed by atoms with Gasteiger partial charge in [0.2, 0.25) is 0 Å². The number of guanidine groups is 1. The van der Waals surface area contributed by atoms with Crippen molar-refractivity contribution in [3.63, 3.8) is 0 Å². The molecule has 23 heavy (non-hydrogen) atoms. The molecule has 2 aliphatic rings. The SMILES string of the molecule is [N]C([N])=NC(=O)c1ccc2c(c1)C1([C][C][C]O1)c1ccccc1-2. The van der Waals surface area contributed by atoms with E-state index in [9.17, 15) is 4.79 Å². The molecule has 1 saturated heterocycles. The molecular formula is C18H7N3O2. The lowest BCUT2D eigenvalue weighted by molar-refractivity contribution is 0.0974. The fourth-order valence-corrected chi connectivity index (χ4v) is 3.01. The van der Waals surface area contributed by atoms with Crippen molar-refractivity contribution in [2.75, 3.05) is 0 Å². The second kappa shape index (κ2) is 4.93. The summed E-state index contributed by atoms with van der Waals surface area (Å²) in [6, 6.07) is 12.7. The third-order valence-electron chi connectivity index (χ3n) is 3.94. The van der Waals surface area contributed by atoms with Crippen molar-refractivity contribution in [3.05, 3.63) is 78.6 Å². The predicted molar refractivity (Wildman–Crippen MR) is 79.5 cm³/mol. The first-order valence-electron chi connectivity index (χ1n) is 6.82. The molecule has 1 atom stereocenters. The van der Waals surface area contributed by atoms with Gasteiger partial charge in [-0.2, -0.15) is 4.99 Å². The van der Waals surface area contributed by atoms with E-state index in [1.165, 1.54) is 0 Å². The van der Waals surface area contributed by atoms with Gasteiger partial charge in [0.25, 0.3) is 11.9 Å². The number of rotatable bonds is 1.